The van der Waals surface area contributed by atoms with Gasteiger partial charge in [-0.25, -0.2) is 0 Å². The van der Waals surface area contributed by atoms with Crippen LogP contribution in [0.2, 0.25) is 0 Å². The zero-order chi connectivity index (χ0) is 30.8. The quantitative estimate of drug-likeness (QED) is 0.231. The average molecular weight is 590 g/mol. The highest BCUT2D eigenvalue weighted by molar-refractivity contribution is 5.85. The van der Waals surface area contributed by atoms with Gasteiger partial charge in [0.2, 0.25) is 5.91 Å². The molecule has 44 heavy (non-hydrogen) atoms. The number of nitrogens with one attached hydrogen (secondary N) is 1. The molecule has 1 heterocycles. The molecule has 230 valence electrons. The highest BCUT2D eigenvalue weighted by Crippen LogP contribution is 2.57. The first-order valence-corrected chi connectivity index (χ1v) is 16.1. The number of carbonyl (C=O) groups excluding carboxylic acids is 1. The van der Waals surface area contributed by atoms with Crippen LogP contribution in [0.3, 0.4) is 0 Å². The number of nitrogens with two attached hydrogens (primary N) is 2. The molecule has 4 aromatic carbocycles. The standard InChI is InChI=1S/C38H47N5O/c1-26-8-10-32(27(2)18-26)21-34(40)24-42-23-28(3)43(37(44)20-29-9-11-30-6-4-5-7-33(30)19-29)25-38(42)22-36(38)31-12-14-35(15-13-31)41-17-16-39/h4-15,18-19,28,34,36,41H,16-17,20-25,39-40H2,1-3H3/t28-,34-,36+,38+/m1/s1. The molecule has 6 heteroatoms. The summed E-state index contributed by atoms with van der Waals surface area (Å²) in [7, 11) is 0. The van der Waals surface area contributed by atoms with Gasteiger partial charge in [-0.3, -0.25) is 9.69 Å². The summed E-state index contributed by atoms with van der Waals surface area (Å²) in [4.78, 5) is 18.7. The van der Waals surface area contributed by atoms with Crippen LogP contribution in [0.15, 0.2) is 84.9 Å². The molecule has 1 aliphatic heterocycles. The summed E-state index contributed by atoms with van der Waals surface area (Å²) in [6.45, 7) is 10.3. The Bertz CT molecular complexity index is 1620. The smallest absolute Gasteiger partial charge is 0.227 e. The molecule has 6 rings (SSSR count). The summed E-state index contributed by atoms with van der Waals surface area (Å²) in [5, 5.41) is 5.75. The van der Waals surface area contributed by atoms with Gasteiger partial charge >= 0.3 is 0 Å². The van der Waals surface area contributed by atoms with Crippen molar-refractivity contribution in [2.45, 2.75) is 63.6 Å². The van der Waals surface area contributed by atoms with Gasteiger partial charge in [0.25, 0.3) is 0 Å². The molecule has 0 radical (unpaired) electrons. The number of benzene rings is 4. The van der Waals surface area contributed by atoms with Crippen molar-refractivity contribution in [1.29, 1.82) is 0 Å². The lowest BCUT2D eigenvalue weighted by Crippen LogP contribution is -2.63. The number of rotatable bonds is 10. The van der Waals surface area contributed by atoms with Gasteiger partial charge in [-0.15, -0.1) is 0 Å². The molecule has 1 saturated heterocycles. The van der Waals surface area contributed by atoms with E-state index in [1.165, 1.54) is 33.0 Å². The van der Waals surface area contributed by atoms with Crippen LogP contribution < -0.4 is 16.8 Å². The van der Waals surface area contributed by atoms with Gasteiger partial charge in [-0.2, -0.15) is 0 Å². The number of fused-ring (bicyclic) bond motifs is 1. The van der Waals surface area contributed by atoms with E-state index in [1.54, 1.807) is 0 Å². The van der Waals surface area contributed by atoms with Crippen molar-refractivity contribution in [2.24, 2.45) is 11.5 Å². The molecule has 2 aliphatic rings. The second-order valence-electron chi connectivity index (χ2n) is 13.2. The molecule has 5 N–H and O–H groups in total. The van der Waals surface area contributed by atoms with Crippen LogP contribution in [-0.4, -0.2) is 66.1 Å². The molecule has 0 aromatic heterocycles. The topological polar surface area (TPSA) is 87.6 Å². The normalized spacial score (nSPS) is 22.3. The maximum Gasteiger partial charge on any atom is 0.227 e. The number of piperazine rings is 1. The van der Waals surface area contributed by atoms with Crippen LogP contribution in [0.1, 0.15) is 47.1 Å². The lowest BCUT2D eigenvalue weighted by molar-refractivity contribution is -0.137. The van der Waals surface area contributed by atoms with E-state index in [0.717, 1.165) is 50.3 Å². The summed E-state index contributed by atoms with van der Waals surface area (Å²) in [5.74, 6) is 0.571. The van der Waals surface area contributed by atoms with Gasteiger partial charge in [-0.1, -0.05) is 78.4 Å². The summed E-state index contributed by atoms with van der Waals surface area (Å²) in [6, 6.07) is 30.3. The van der Waals surface area contributed by atoms with Gasteiger partial charge in [0.05, 0.1) is 6.42 Å². The molecule has 4 atom stereocenters. The molecule has 1 spiro atoms. The largest absolute Gasteiger partial charge is 0.384 e. The number of anilines is 1. The lowest BCUT2D eigenvalue weighted by atomic mass is 9.95. The molecule has 0 bridgehead atoms. The van der Waals surface area contributed by atoms with E-state index in [0.29, 0.717) is 18.9 Å². The number of hydrogen-bond acceptors (Lipinski definition) is 5. The third-order valence-corrected chi connectivity index (χ3v) is 9.85. The number of aryl methyl sites for hydroxylation is 2. The third kappa shape index (κ3) is 6.39. The lowest BCUT2D eigenvalue weighted by Gasteiger charge is -2.47. The molecule has 1 amide bonds. The molecule has 2 fully saturated rings. The number of amides is 1. The maximum absolute atomic E-state index is 13.9. The van der Waals surface area contributed by atoms with Crippen LogP contribution in [0.4, 0.5) is 5.69 Å². The van der Waals surface area contributed by atoms with Gasteiger partial charge in [0.15, 0.2) is 0 Å². The first-order chi connectivity index (χ1) is 21.3. The van der Waals surface area contributed by atoms with E-state index in [1.807, 2.05) is 0 Å². The number of hydrogen-bond donors (Lipinski definition) is 3. The van der Waals surface area contributed by atoms with Crippen LogP contribution in [-0.2, 0) is 17.6 Å². The van der Waals surface area contributed by atoms with Crippen molar-refractivity contribution in [3.8, 4) is 0 Å². The SMILES string of the molecule is Cc1ccc(C[C@@H](N)CN2C[C@@H](C)N(C(=O)Cc3ccc4ccccc4c3)C[C@]23C[C@H]3c2ccc(NCCN)cc2)c(C)c1. The highest BCUT2D eigenvalue weighted by Gasteiger charge is 2.62. The van der Waals surface area contributed by atoms with E-state index in [4.69, 9.17) is 11.5 Å². The van der Waals surface area contributed by atoms with Crippen LogP contribution in [0, 0.1) is 13.8 Å². The summed E-state index contributed by atoms with van der Waals surface area (Å²) in [5.41, 5.74) is 19.9. The highest BCUT2D eigenvalue weighted by atomic mass is 16.2. The monoisotopic (exact) mass is 589 g/mol. The van der Waals surface area contributed by atoms with Crippen LogP contribution in [0.25, 0.3) is 10.8 Å². The maximum atomic E-state index is 13.9. The Morgan fingerprint density at radius 2 is 1.77 bits per heavy atom. The third-order valence-electron chi connectivity index (χ3n) is 9.85. The Labute approximate surface area is 262 Å². The van der Waals surface area contributed by atoms with Gasteiger partial charge in [-0.05, 0) is 78.8 Å². The van der Waals surface area contributed by atoms with Gasteiger partial charge in [0.1, 0.15) is 0 Å². The second-order valence-corrected chi connectivity index (χ2v) is 13.2. The van der Waals surface area contributed by atoms with E-state index in [9.17, 15) is 4.79 Å². The summed E-state index contributed by atoms with van der Waals surface area (Å²) in [6.07, 6.45) is 2.30. The Kier molecular flexibility index (Phi) is 8.77. The van der Waals surface area contributed by atoms with Crippen molar-refractivity contribution in [3.63, 3.8) is 0 Å². The molecular weight excluding hydrogens is 542 g/mol. The van der Waals surface area contributed by atoms with E-state index >= 15 is 0 Å². The van der Waals surface area contributed by atoms with E-state index in [2.05, 4.69) is 121 Å². The Balaban J connectivity index is 1.22. The molecular formula is C38H47N5O. The predicted octanol–water partition coefficient (Wildman–Crippen LogP) is 5.40. The molecule has 4 aromatic rings. The molecule has 1 saturated carbocycles. The number of carbonyl (C=O) groups is 1. The minimum Gasteiger partial charge on any atom is -0.384 e. The van der Waals surface area contributed by atoms with Crippen molar-refractivity contribution >= 4 is 22.4 Å². The zero-order valence-corrected chi connectivity index (χ0v) is 26.4. The van der Waals surface area contributed by atoms with E-state index in [-0.39, 0.29) is 23.5 Å². The summed E-state index contributed by atoms with van der Waals surface area (Å²) < 4.78 is 0. The Morgan fingerprint density at radius 1 is 1.00 bits per heavy atom. The first-order valence-electron chi connectivity index (χ1n) is 16.1. The van der Waals surface area contributed by atoms with Crippen LogP contribution >= 0.6 is 0 Å². The fourth-order valence-corrected chi connectivity index (χ4v) is 7.37. The fraction of sp³-hybridized carbons (Fsp3) is 0.395. The number of nitrogens with zero attached hydrogens (tertiary/aromatic N) is 2. The minimum absolute atomic E-state index is 0.0180. The average Bonchev–Trinajstić information content (AvgIpc) is 3.74. The van der Waals surface area contributed by atoms with E-state index < -0.39 is 0 Å². The second kappa shape index (κ2) is 12.7. The van der Waals surface area contributed by atoms with Crippen LogP contribution in [0.5, 0.6) is 0 Å². The first kappa shape index (κ1) is 30.3. The molecule has 6 nitrogen and oxygen atoms in total. The van der Waals surface area contributed by atoms with Gasteiger partial charge in [0, 0.05) is 62.0 Å². The van der Waals surface area contributed by atoms with Gasteiger partial charge < -0.3 is 21.7 Å². The molecule has 0 unspecified atom stereocenters. The summed E-state index contributed by atoms with van der Waals surface area (Å²) >= 11 is 0. The zero-order valence-electron chi connectivity index (χ0n) is 26.4. The Morgan fingerprint density at radius 3 is 2.52 bits per heavy atom. The molecule has 1 aliphatic carbocycles. The minimum atomic E-state index is -0.0995. The van der Waals surface area contributed by atoms with Crippen molar-refractivity contribution in [3.05, 3.63) is 113 Å². The van der Waals surface area contributed by atoms with Crippen molar-refractivity contribution in [1.82, 2.24) is 9.80 Å². The van der Waals surface area contributed by atoms with Crippen molar-refractivity contribution < 1.29 is 4.79 Å². The fourth-order valence-electron chi connectivity index (χ4n) is 7.37. The predicted molar refractivity (Wildman–Crippen MR) is 182 cm³/mol. The van der Waals surface area contributed by atoms with Crippen molar-refractivity contribution in [2.75, 3.05) is 38.0 Å². The Hall–Kier alpha value is -3.71.